The number of carbonyl (C=O) groups excluding carboxylic acids is 1. The lowest BCUT2D eigenvalue weighted by atomic mass is 10.1. The minimum Gasteiger partial charge on any atom is -0.352 e. The number of hydrogen-bond acceptors (Lipinski definition) is 2. The molecule has 1 aromatic heterocycles. The van der Waals surface area contributed by atoms with Gasteiger partial charge in [-0.1, -0.05) is 13.3 Å². The summed E-state index contributed by atoms with van der Waals surface area (Å²) in [5.41, 5.74) is 1.64. The van der Waals surface area contributed by atoms with Crippen LogP contribution in [0.25, 0.3) is 0 Å². The number of aromatic nitrogens is 1. The van der Waals surface area contributed by atoms with Gasteiger partial charge in [-0.3, -0.25) is 9.78 Å². The summed E-state index contributed by atoms with van der Waals surface area (Å²) >= 11 is 0. The van der Waals surface area contributed by atoms with Crippen molar-refractivity contribution < 1.29 is 4.79 Å². The van der Waals surface area contributed by atoms with E-state index in [1.54, 1.807) is 18.5 Å². The molecule has 0 aromatic carbocycles. The summed E-state index contributed by atoms with van der Waals surface area (Å²) in [7, 11) is 0. The van der Waals surface area contributed by atoms with Crippen LogP contribution < -0.4 is 5.32 Å². The molecule has 0 saturated heterocycles. The Morgan fingerprint density at radius 1 is 1.57 bits per heavy atom. The number of aryl methyl sites for hydroxylation is 1. The third kappa shape index (κ3) is 2.83. The first-order chi connectivity index (χ1) is 6.75. The number of hydrogen-bond donors (Lipinski definition) is 1. The van der Waals surface area contributed by atoms with Gasteiger partial charge in [-0.25, -0.2) is 0 Å². The highest BCUT2D eigenvalue weighted by Gasteiger charge is 2.06. The Hall–Kier alpha value is -1.38. The van der Waals surface area contributed by atoms with Crippen LogP contribution in [0, 0.1) is 6.92 Å². The van der Waals surface area contributed by atoms with E-state index in [2.05, 4.69) is 17.2 Å². The smallest absolute Gasteiger partial charge is 0.251 e. The highest BCUT2D eigenvalue weighted by atomic mass is 16.1. The van der Waals surface area contributed by atoms with Crippen LogP contribution in [0.4, 0.5) is 0 Å². The number of pyridine rings is 1. The van der Waals surface area contributed by atoms with E-state index in [4.69, 9.17) is 0 Å². The molecule has 1 aromatic rings. The first-order valence-electron chi connectivity index (χ1n) is 4.94. The third-order valence-electron chi connectivity index (χ3n) is 2.08. The average molecular weight is 192 g/mol. The van der Waals surface area contributed by atoms with Crippen molar-refractivity contribution in [3.8, 4) is 0 Å². The number of nitrogens with one attached hydrogen (secondary N) is 1. The van der Waals surface area contributed by atoms with Gasteiger partial charge in [-0.15, -0.1) is 0 Å². The first-order valence-corrected chi connectivity index (χ1v) is 4.94. The Bertz CT molecular complexity index is 310. The van der Waals surface area contributed by atoms with Crippen molar-refractivity contribution in [3.05, 3.63) is 29.6 Å². The van der Waals surface area contributed by atoms with E-state index in [0.717, 1.165) is 30.5 Å². The van der Waals surface area contributed by atoms with E-state index in [0.29, 0.717) is 0 Å². The molecule has 0 atom stereocenters. The fraction of sp³-hybridized carbons (Fsp3) is 0.455. The molecular weight excluding hydrogens is 176 g/mol. The lowest BCUT2D eigenvalue weighted by Crippen LogP contribution is -2.25. The number of unbranched alkanes of at least 4 members (excludes halogenated alkanes) is 1. The highest BCUT2D eigenvalue weighted by molar-refractivity contribution is 5.95. The van der Waals surface area contributed by atoms with Gasteiger partial charge in [0.05, 0.1) is 0 Å². The van der Waals surface area contributed by atoms with Crippen LogP contribution in [0.5, 0.6) is 0 Å². The molecule has 0 spiro atoms. The lowest BCUT2D eigenvalue weighted by Gasteiger charge is -2.05. The summed E-state index contributed by atoms with van der Waals surface area (Å²) in [5, 5.41) is 2.87. The van der Waals surface area contributed by atoms with Crippen LogP contribution in [0.15, 0.2) is 18.5 Å². The minimum atomic E-state index is -0.00153. The molecule has 0 bridgehead atoms. The molecular formula is C11H16N2O. The third-order valence-corrected chi connectivity index (χ3v) is 2.08. The van der Waals surface area contributed by atoms with E-state index in [1.807, 2.05) is 6.92 Å². The topological polar surface area (TPSA) is 42.0 Å². The van der Waals surface area contributed by atoms with Crippen molar-refractivity contribution in [2.45, 2.75) is 26.7 Å². The summed E-state index contributed by atoms with van der Waals surface area (Å²) in [6, 6.07) is 1.75. The van der Waals surface area contributed by atoms with Gasteiger partial charge in [0.25, 0.3) is 5.91 Å². The molecule has 0 fully saturated rings. The molecule has 76 valence electrons. The van der Waals surface area contributed by atoms with Crippen LogP contribution >= 0.6 is 0 Å². The number of amides is 1. The zero-order valence-corrected chi connectivity index (χ0v) is 8.71. The average Bonchev–Trinajstić information content (AvgIpc) is 2.18. The molecule has 0 radical (unpaired) electrons. The summed E-state index contributed by atoms with van der Waals surface area (Å²) in [6.45, 7) is 4.74. The largest absolute Gasteiger partial charge is 0.352 e. The molecule has 1 amide bonds. The summed E-state index contributed by atoms with van der Waals surface area (Å²) in [4.78, 5) is 15.5. The second-order valence-corrected chi connectivity index (χ2v) is 3.30. The van der Waals surface area contributed by atoms with E-state index in [1.165, 1.54) is 0 Å². The SMILES string of the molecule is CCCCNC(=O)c1ccncc1C. The molecule has 0 aliphatic heterocycles. The molecule has 1 rings (SSSR count). The maximum absolute atomic E-state index is 11.6. The Labute approximate surface area is 84.6 Å². The van der Waals surface area contributed by atoms with Crippen LogP contribution in [0.3, 0.4) is 0 Å². The summed E-state index contributed by atoms with van der Waals surface area (Å²) in [5.74, 6) is -0.00153. The Morgan fingerprint density at radius 3 is 3.00 bits per heavy atom. The molecule has 0 unspecified atom stereocenters. The van der Waals surface area contributed by atoms with Crippen LogP contribution in [-0.4, -0.2) is 17.4 Å². The van der Waals surface area contributed by atoms with Crippen molar-refractivity contribution >= 4 is 5.91 Å². The molecule has 1 N–H and O–H groups in total. The zero-order chi connectivity index (χ0) is 10.4. The van der Waals surface area contributed by atoms with Gasteiger partial charge >= 0.3 is 0 Å². The standard InChI is InChI=1S/C11H16N2O/c1-3-4-6-13-11(14)10-5-7-12-8-9(10)2/h5,7-8H,3-4,6H2,1-2H3,(H,13,14). The van der Waals surface area contributed by atoms with Gasteiger partial charge in [0, 0.05) is 24.5 Å². The molecule has 14 heavy (non-hydrogen) atoms. The van der Waals surface area contributed by atoms with Crippen molar-refractivity contribution in [2.24, 2.45) is 0 Å². The maximum atomic E-state index is 11.6. The van der Waals surface area contributed by atoms with Gasteiger partial charge in [0.1, 0.15) is 0 Å². The second kappa shape index (κ2) is 5.37. The Balaban J connectivity index is 2.56. The van der Waals surface area contributed by atoms with Crippen molar-refractivity contribution in [2.75, 3.05) is 6.54 Å². The Kier molecular flexibility index (Phi) is 4.11. The van der Waals surface area contributed by atoms with E-state index < -0.39 is 0 Å². The van der Waals surface area contributed by atoms with Crippen molar-refractivity contribution in [3.63, 3.8) is 0 Å². The maximum Gasteiger partial charge on any atom is 0.251 e. The lowest BCUT2D eigenvalue weighted by molar-refractivity contribution is 0.0952. The van der Waals surface area contributed by atoms with E-state index in [9.17, 15) is 4.79 Å². The minimum absolute atomic E-state index is 0.00153. The molecule has 3 nitrogen and oxygen atoms in total. The predicted molar refractivity (Wildman–Crippen MR) is 56.2 cm³/mol. The fourth-order valence-corrected chi connectivity index (χ4v) is 1.20. The van der Waals surface area contributed by atoms with Gasteiger partial charge in [0.15, 0.2) is 0 Å². The summed E-state index contributed by atoms with van der Waals surface area (Å²) in [6.07, 6.45) is 5.46. The molecule has 3 heteroatoms. The molecule has 0 saturated carbocycles. The molecule has 1 heterocycles. The Morgan fingerprint density at radius 2 is 2.36 bits per heavy atom. The van der Waals surface area contributed by atoms with Crippen molar-refractivity contribution in [1.29, 1.82) is 0 Å². The van der Waals surface area contributed by atoms with Gasteiger partial charge in [-0.05, 0) is 25.0 Å². The quantitative estimate of drug-likeness (QED) is 0.740. The summed E-state index contributed by atoms with van der Waals surface area (Å²) < 4.78 is 0. The first kappa shape index (κ1) is 10.7. The number of carbonyl (C=O) groups is 1. The number of rotatable bonds is 4. The van der Waals surface area contributed by atoms with E-state index >= 15 is 0 Å². The van der Waals surface area contributed by atoms with Crippen LogP contribution in [-0.2, 0) is 0 Å². The number of nitrogens with zero attached hydrogens (tertiary/aromatic N) is 1. The monoisotopic (exact) mass is 192 g/mol. The normalized spacial score (nSPS) is 9.86. The second-order valence-electron chi connectivity index (χ2n) is 3.30. The van der Waals surface area contributed by atoms with Crippen LogP contribution in [0.1, 0.15) is 35.7 Å². The van der Waals surface area contributed by atoms with Crippen molar-refractivity contribution in [1.82, 2.24) is 10.3 Å². The molecule has 0 aliphatic carbocycles. The van der Waals surface area contributed by atoms with Gasteiger partial charge < -0.3 is 5.32 Å². The zero-order valence-electron chi connectivity index (χ0n) is 8.71. The fourth-order valence-electron chi connectivity index (χ4n) is 1.20. The van der Waals surface area contributed by atoms with Gasteiger partial charge in [0.2, 0.25) is 0 Å². The highest BCUT2D eigenvalue weighted by Crippen LogP contribution is 2.04. The molecule has 0 aliphatic rings. The van der Waals surface area contributed by atoms with Crippen LogP contribution in [0.2, 0.25) is 0 Å². The van der Waals surface area contributed by atoms with Gasteiger partial charge in [-0.2, -0.15) is 0 Å². The predicted octanol–water partition coefficient (Wildman–Crippen LogP) is 1.92. The van der Waals surface area contributed by atoms with E-state index in [-0.39, 0.29) is 5.91 Å².